The van der Waals surface area contributed by atoms with Crippen LogP contribution in [0.5, 0.6) is 11.5 Å². The van der Waals surface area contributed by atoms with Crippen molar-refractivity contribution in [3.63, 3.8) is 0 Å². The van der Waals surface area contributed by atoms with Crippen molar-refractivity contribution in [2.24, 2.45) is 5.92 Å². The van der Waals surface area contributed by atoms with Crippen molar-refractivity contribution < 1.29 is 27.7 Å². The quantitative estimate of drug-likeness (QED) is 0.566. The van der Waals surface area contributed by atoms with E-state index >= 15 is 0 Å². The first-order valence-electron chi connectivity index (χ1n) is 13.9. The molecule has 6 aliphatic rings. The zero-order valence-corrected chi connectivity index (χ0v) is 22.5. The van der Waals surface area contributed by atoms with E-state index in [1.807, 2.05) is 18.2 Å². The average Bonchev–Trinajstić information content (AvgIpc) is 3.59. The first-order chi connectivity index (χ1) is 18.4. The highest BCUT2D eigenvalue weighted by molar-refractivity contribution is 7.89. The number of sulfonamides is 1. The van der Waals surface area contributed by atoms with Gasteiger partial charge in [-0.25, -0.2) is 8.42 Å². The Balaban J connectivity index is 1.27. The van der Waals surface area contributed by atoms with Crippen LogP contribution >= 0.6 is 0 Å². The van der Waals surface area contributed by atoms with Gasteiger partial charge in [0.25, 0.3) is 0 Å². The van der Waals surface area contributed by atoms with Gasteiger partial charge in [-0.1, -0.05) is 24.3 Å². The molecule has 1 unspecified atom stereocenters. The van der Waals surface area contributed by atoms with Crippen molar-refractivity contribution in [1.82, 2.24) is 9.21 Å². The molecule has 5 atom stereocenters. The maximum atomic E-state index is 13.8. The Morgan fingerprint density at radius 3 is 2.74 bits per heavy atom. The van der Waals surface area contributed by atoms with E-state index < -0.39 is 27.1 Å². The molecule has 2 bridgehead atoms. The molecule has 3 heterocycles. The largest absolute Gasteiger partial charge is 0.483 e. The van der Waals surface area contributed by atoms with Gasteiger partial charge in [0.05, 0.1) is 22.0 Å². The normalized spacial score (nSPS) is 36.4. The van der Waals surface area contributed by atoms with Gasteiger partial charge >= 0.3 is 0 Å². The van der Waals surface area contributed by atoms with E-state index in [0.29, 0.717) is 35.8 Å². The lowest BCUT2D eigenvalue weighted by atomic mass is 9.48. The minimum absolute atomic E-state index is 0.000441. The highest BCUT2D eigenvalue weighted by Crippen LogP contribution is 2.66. The number of rotatable bonds is 6. The third kappa shape index (κ3) is 2.92. The molecule has 202 valence electrons. The van der Waals surface area contributed by atoms with Gasteiger partial charge in [0.15, 0.2) is 18.3 Å². The molecular formula is C29H34N2O6S. The molecule has 2 aromatic carbocycles. The van der Waals surface area contributed by atoms with E-state index in [1.54, 1.807) is 23.5 Å². The molecule has 1 saturated heterocycles. The van der Waals surface area contributed by atoms with Crippen LogP contribution in [0.2, 0.25) is 0 Å². The molecule has 3 aliphatic carbocycles. The van der Waals surface area contributed by atoms with Gasteiger partial charge in [0.2, 0.25) is 10.0 Å². The summed E-state index contributed by atoms with van der Waals surface area (Å²) < 4.78 is 47.3. The molecule has 2 aromatic rings. The number of aliphatic hydroxyl groups is 1. The summed E-state index contributed by atoms with van der Waals surface area (Å²) in [5.74, 6) is 2.00. The van der Waals surface area contributed by atoms with Crippen molar-refractivity contribution in [1.29, 1.82) is 0 Å². The van der Waals surface area contributed by atoms with Crippen LogP contribution in [0.1, 0.15) is 48.8 Å². The molecular weight excluding hydrogens is 504 g/mol. The minimum Gasteiger partial charge on any atom is -0.483 e. The van der Waals surface area contributed by atoms with Gasteiger partial charge in [-0.2, -0.15) is 4.31 Å². The van der Waals surface area contributed by atoms with Gasteiger partial charge in [-0.05, 0) is 74.2 Å². The van der Waals surface area contributed by atoms with Crippen molar-refractivity contribution >= 4 is 10.0 Å². The standard InChI is InChI=1S/C29H34N2O6S/c1-35-17-36-22-9-8-19-14-24-29(32)11-10-21(31-16-20-4-2-3-5-23(20)38(31,33)34)27-28(29,25(19)26(22)37-27)12-13-30(24)15-18-6-7-18/h2-5,8-9,18,21,24,27,32H,6-7,10-17H2,1H3/t21-,24-,27+,28+,29?/m1/s1. The molecule has 1 N–H and O–H groups in total. The number of hydrogen-bond acceptors (Lipinski definition) is 7. The van der Waals surface area contributed by atoms with Crippen LogP contribution in [0.15, 0.2) is 41.3 Å². The molecule has 0 amide bonds. The molecule has 0 radical (unpaired) electrons. The van der Waals surface area contributed by atoms with E-state index in [9.17, 15) is 13.5 Å². The SMILES string of the molecule is COCOc1ccc2c3c1O[C@H]1[C@H](N4Cc5ccccc5S4(=O)=O)CCC4(O)[C@@H](C2)N(CC2CC2)CC[C@]314. The Labute approximate surface area is 223 Å². The number of hydrogen-bond donors (Lipinski definition) is 1. The summed E-state index contributed by atoms with van der Waals surface area (Å²) in [7, 11) is -2.08. The molecule has 9 heteroatoms. The Bertz CT molecular complexity index is 1430. The number of benzene rings is 2. The zero-order valence-electron chi connectivity index (χ0n) is 21.6. The third-order valence-corrected chi connectivity index (χ3v) is 12.3. The number of methoxy groups -OCH3 is 1. The van der Waals surface area contributed by atoms with Gasteiger partial charge < -0.3 is 19.3 Å². The molecule has 8 rings (SSSR count). The molecule has 1 spiro atoms. The van der Waals surface area contributed by atoms with Crippen LogP contribution in [0.25, 0.3) is 0 Å². The van der Waals surface area contributed by atoms with Gasteiger partial charge in [0.1, 0.15) is 6.10 Å². The predicted octanol–water partition coefficient (Wildman–Crippen LogP) is 2.81. The Kier molecular flexibility index (Phi) is 4.95. The van der Waals surface area contributed by atoms with Crippen LogP contribution in [-0.2, 0) is 33.1 Å². The fraction of sp³-hybridized carbons (Fsp3) is 0.586. The summed E-state index contributed by atoms with van der Waals surface area (Å²) >= 11 is 0. The van der Waals surface area contributed by atoms with E-state index in [-0.39, 0.29) is 18.9 Å². The summed E-state index contributed by atoms with van der Waals surface area (Å²) in [6.45, 7) is 2.34. The first kappa shape index (κ1) is 23.7. The van der Waals surface area contributed by atoms with E-state index in [2.05, 4.69) is 11.0 Å². The van der Waals surface area contributed by atoms with Crippen LogP contribution in [0, 0.1) is 5.92 Å². The topological polar surface area (TPSA) is 88.5 Å². The number of fused-ring (bicyclic) bond motifs is 1. The van der Waals surface area contributed by atoms with Gasteiger partial charge in [-0.15, -0.1) is 0 Å². The molecule has 8 nitrogen and oxygen atoms in total. The molecule has 0 aromatic heterocycles. The monoisotopic (exact) mass is 538 g/mol. The minimum atomic E-state index is -3.66. The van der Waals surface area contributed by atoms with Crippen LogP contribution in [0.4, 0.5) is 0 Å². The number of likely N-dealkylation sites (tertiary alicyclic amines) is 1. The fourth-order valence-corrected chi connectivity index (χ4v) is 10.4. The highest BCUT2D eigenvalue weighted by atomic mass is 32.2. The molecule has 38 heavy (non-hydrogen) atoms. The Hall–Kier alpha value is -2.17. The van der Waals surface area contributed by atoms with Gasteiger partial charge in [-0.3, -0.25) is 4.90 Å². The smallest absolute Gasteiger partial charge is 0.244 e. The zero-order chi connectivity index (χ0) is 25.9. The fourth-order valence-electron chi connectivity index (χ4n) is 8.54. The summed E-state index contributed by atoms with van der Waals surface area (Å²) in [6.07, 6.45) is 4.67. The Morgan fingerprint density at radius 1 is 1.11 bits per heavy atom. The first-order valence-corrected chi connectivity index (χ1v) is 15.3. The lowest BCUT2D eigenvalue weighted by Crippen LogP contribution is -2.78. The second kappa shape index (κ2) is 7.95. The van der Waals surface area contributed by atoms with Crippen molar-refractivity contribution in [2.75, 3.05) is 27.0 Å². The van der Waals surface area contributed by atoms with Crippen molar-refractivity contribution in [2.45, 2.75) is 79.2 Å². The summed E-state index contributed by atoms with van der Waals surface area (Å²) in [5, 5.41) is 12.8. The average molecular weight is 539 g/mol. The van der Waals surface area contributed by atoms with Gasteiger partial charge in [0, 0.05) is 31.8 Å². The van der Waals surface area contributed by atoms with E-state index in [0.717, 1.165) is 43.0 Å². The molecule has 3 fully saturated rings. The van der Waals surface area contributed by atoms with Crippen molar-refractivity contribution in [3.05, 3.63) is 53.1 Å². The second-order valence-corrected chi connectivity index (χ2v) is 13.9. The number of piperidine rings is 1. The van der Waals surface area contributed by atoms with Crippen LogP contribution < -0.4 is 9.47 Å². The number of ether oxygens (including phenoxy) is 3. The highest BCUT2D eigenvalue weighted by Gasteiger charge is 2.74. The lowest BCUT2D eigenvalue weighted by molar-refractivity contribution is -0.196. The second-order valence-electron chi connectivity index (χ2n) is 12.1. The van der Waals surface area contributed by atoms with Crippen molar-refractivity contribution in [3.8, 4) is 11.5 Å². The maximum Gasteiger partial charge on any atom is 0.244 e. The summed E-state index contributed by atoms with van der Waals surface area (Å²) in [5.41, 5.74) is 1.39. The lowest BCUT2D eigenvalue weighted by Gasteiger charge is -2.64. The maximum absolute atomic E-state index is 13.8. The Morgan fingerprint density at radius 2 is 1.95 bits per heavy atom. The number of nitrogens with zero attached hydrogens (tertiary/aromatic N) is 2. The van der Waals surface area contributed by atoms with E-state index in [1.165, 1.54) is 18.4 Å². The van der Waals surface area contributed by atoms with Crippen LogP contribution in [0.3, 0.4) is 0 Å². The summed E-state index contributed by atoms with van der Waals surface area (Å²) in [4.78, 5) is 2.92. The molecule has 3 aliphatic heterocycles. The predicted molar refractivity (Wildman–Crippen MR) is 139 cm³/mol. The van der Waals surface area contributed by atoms with Crippen LogP contribution in [-0.4, -0.2) is 73.5 Å². The molecule has 2 saturated carbocycles. The van der Waals surface area contributed by atoms with E-state index in [4.69, 9.17) is 14.2 Å². The third-order valence-electron chi connectivity index (χ3n) is 10.3. The summed E-state index contributed by atoms with van der Waals surface area (Å²) in [6, 6.07) is 11.0.